The Kier molecular flexibility index (Phi) is 2.07. The van der Waals surface area contributed by atoms with E-state index in [0.717, 1.165) is 19.3 Å². The van der Waals surface area contributed by atoms with Crippen molar-refractivity contribution < 1.29 is 9.53 Å². The molecule has 1 aliphatic carbocycles. The van der Waals surface area contributed by atoms with Crippen molar-refractivity contribution in [2.24, 2.45) is 5.41 Å². The van der Waals surface area contributed by atoms with Crippen molar-refractivity contribution in [3.05, 3.63) is 12.2 Å². The van der Waals surface area contributed by atoms with Crippen molar-refractivity contribution >= 4 is 5.78 Å². The first-order chi connectivity index (χ1) is 6.48. The topological polar surface area (TPSA) is 26.3 Å². The highest BCUT2D eigenvalue weighted by molar-refractivity contribution is 6.01. The Morgan fingerprint density at radius 1 is 1.50 bits per heavy atom. The zero-order valence-corrected chi connectivity index (χ0v) is 9.17. The number of hydrogen-bond acceptors (Lipinski definition) is 2. The molecule has 2 nitrogen and oxygen atoms in total. The van der Waals surface area contributed by atoms with Crippen LogP contribution in [0.5, 0.6) is 0 Å². The molecule has 0 saturated carbocycles. The second-order valence-corrected chi connectivity index (χ2v) is 5.07. The molecule has 2 atom stereocenters. The molecule has 0 aromatic carbocycles. The summed E-state index contributed by atoms with van der Waals surface area (Å²) in [7, 11) is 0. The van der Waals surface area contributed by atoms with Gasteiger partial charge in [0.05, 0.1) is 6.10 Å². The van der Waals surface area contributed by atoms with E-state index in [1.807, 2.05) is 6.08 Å². The van der Waals surface area contributed by atoms with Crippen molar-refractivity contribution in [2.75, 3.05) is 0 Å². The molecule has 0 bridgehead atoms. The summed E-state index contributed by atoms with van der Waals surface area (Å²) >= 11 is 0. The molecule has 0 aromatic rings. The van der Waals surface area contributed by atoms with Gasteiger partial charge in [0.2, 0.25) is 0 Å². The minimum atomic E-state index is -0.551. The van der Waals surface area contributed by atoms with E-state index < -0.39 is 5.60 Å². The first kappa shape index (κ1) is 9.91. The zero-order chi connectivity index (χ0) is 10.4. The lowest BCUT2D eigenvalue weighted by Gasteiger charge is -2.44. The van der Waals surface area contributed by atoms with E-state index in [1.165, 1.54) is 0 Å². The van der Waals surface area contributed by atoms with Gasteiger partial charge in [-0.25, -0.2) is 0 Å². The van der Waals surface area contributed by atoms with Crippen molar-refractivity contribution in [1.82, 2.24) is 0 Å². The highest BCUT2D eigenvalue weighted by Crippen LogP contribution is 2.47. The molecular weight excluding hydrogens is 176 g/mol. The van der Waals surface area contributed by atoms with E-state index in [9.17, 15) is 4.79 Å². The zero-order valence-electron chi connectivity index (χ0n) is 9.17. The van der Waals surface area contributed by atoms with Gasteiger partial charge in [-0.1, -0.05) is 19.9 Å². The maximum Gasteiger partial charge on any atom is 0.188 e. The van der Waals surface area contributed by atoms with Gasteiger partial charge in [0, 0.05) is 5.41 Å². The normalized spacial score (nSPS) is 40.8. The van der Waals surface area contributed by atoms with E-state index in [1.54, 1.807) is 6.08 Å². The Morgan fingerprint density at radius 3 is 2.71 bits per heavy atom. The number of rotatable bonds is 0. The van der Waals surface area contributed by atoms with Crippen LogP contribution >= 0.6 is 0 Å². The average Bonchev–Trinajstić information content (AvgIpc) is 2.31. The largest absolute Gasteiger partial charge is 0.363 e. The Bertz CT molecular complexity index is 291. The van der Waals surface area contributed by atoms with Gasteiger partial charge in [-0.15, -0.1) is 0 Å². The molecule has 78 valence electrons. The summed E-state index contributed by atoms with van der Waals surface area (Å²) in [6.07, 6.45) is 6.94. The number of carbonyl (C=O) groups is 1. The maximum atomic E-state index is 11.9. The fourth-order valence-electron chi connectivity index (χ4n) is 2.63. The first-order valence-corrected chi connectivity index (χ1v) is 5.39. The quantitative estimate of drug-likeness (QED) is 0.592. The molecule has 14 heavy (non-hydrogen) atoms. The van der Waals surface area contributed by atoms with Crippen LogP contribution in [-0.4, -0.2) is 17.5 Å². The van der Waals surface area contributed by atoms with Crippen LogP contribution < -0.4 is 0 Å². The van der Waals surface area contributed by atoms with E-state index in [4.69, 9.17) is 4.74 Å². The van der Waals surface area contributed by atoms with Crippen molar-refractivity contribution in [3.63, 3.8) is 0 Å². The van der Waals surface area contributed by atoms with Crippen LogP contribution in [0.1, 0.15) is 40.0 Å². The van der Waals surface area contributed by atoms with Crippen LogP contribution in [-0.2, 0) is 9.53 Å². The summed E-state index contributed by atoms with van der Waals surface area (Å²) in [4.78, 5) is 11.9. The van der Waals surface area contributed by atoms with Gasteiger partial charge in [0.15, 0.2) is 5.78 Å². The van der Waals surface area contributed by atoms with Crippen LogP contribution in [0.3, 0.4) is 0 Å². The van der Waals surface area contributed by atoms with E-state index in [-0.39, 0.29) is 17.3 Å². The number of ketones is 1. The van der Waals surface area contributed by atoms with Crippen molar-refractivity contribution in [1.29, 1.82) is 0 Å². The van der Waals surface area contributed by atoms with E-state index in [0.29, 0.717) is 0 Å². The summed E-state index contributed by atoms with van der Waals surface area (Å²) in [5.74, 6) is 0.161. The van der Waals surface area contributed by atoms with Gasteiger partial charge < -0.3 is 4.74 Å². The molecule has 0 aromatic heterocycles. The molecule has 0 unspecified atom stereocenters. The van der Waals surface area contributed by atoms with E-state index in [2.05, 4.69) is 20.8 Å². The second kappa shape index (κ2) is 2.93. The molecule has 1 spiro atoms. The molecular formula is C12H18O2. The third kappa shape index (κ3) is 1.17. The van der Waals surface area contributed by atoms with Crippen molar-refractivity contribution in [2.45, 2.75) is 51.7 Å². The Morgan fingerprint density at radius 2 is 2.21 bits per heavy atom. The van der Waals surface area contributed by atoms with E-state index >= 15 is 0 Å². The molecule has 2 rings (SSSR count). The van der Waals surface area contributed by atoms with Gasteiger partial charge in [0.1, 0.15) is 5.60 Å². The minimum Gasteiger partial charge on any atom is -0.363 e. The highest BCUT2D eigenvalue weighted by Gasteiger charge is 2.54. The standard InChI is InChI=1S/C12H18O2/c1-9-5-4-7-12(14-9)10(13)6-8-11(12,2)3/h6,8-9H,4-5,7H2,1-3H3/t9-,12-/m0/s1. The lowest BCUT2D eigenvalue weighted by atomic mass is 9.72. The fraction of sp³-hybridized carbons (Fsp3) is 0.750. The molecule has 1 fully saturated rings. The molecule has 2 aliphatic rings. The summed E-state index contributed by atoms with van der Waals surface area (Å²) in [6.45, 7) is 6.24. The third-order valence-electron chi connectivity index (χ3n) is 3.63. The lowest BCUT2D eigenvalue weighted by molar-refractivity contribution is -0.175. The lowest BCUT2D eigenvalue weighted by Crippen LogP contribution is -2.52. The summed E-state index contributed by atoms with van der Waals surface area (Å²) < 4.78 is 5.95. The summed E-state index contributed by atoms with van der Waals surface area (Å²) in [5.41, 5.74) is -0.691. The first-order valence-electron chi connectivity index (χ1n) is 5.39. The molecule has 1 aliphatic heterocycles. The van der Waals surface area contributed by atoms with Gasteiger partial charge in [0.25, 0.3) is 0 Å². The monoisotopic (exact) mass is 194 g/mol. The molecule has 2 heteroatoms. The number of carbonyl (C=O) groups excluding carboxylic acids is 1. The molecule has 1 saturated heterocycles. The minimum absolute atomic E-state index is 0.140. The highest BCUT2D eigenvalue weighted by atomic mass is 16.5. The van der Waals surface area contributed by atoms with Gasteiger partial charge >= 0.3 is 0 Å². The van der Waals surface area contributed by atoms with Crippen LogP contribution in [0.4, 0.5) is 0 Å². The fourth-order valence-corrected chi connectivity index (χ4v) is 2.63. The second-order valence-electron chi connectivity index (χ2n) is 5.07. The van der Waals surface area contributed by atoms with Crippen molar-refractivity contribution in [3.8, 4) is 0 Å². The van der Waals surface area contributed by atoms with Gasteiger partial charge in [-0.3, -0.25) is 4.79 Å². The van der Waals surface area contributed by atoms with Crippen LogP contribution in [0.2, 0.25) is 0 Å². The predicted octanol–water partition coefficient (Wildman–Crippen LogP) is 2.48. The van der Waals surface area contributed by atoms with Crippen LogP contribution in [0.25, 0.3) is 0 Å². The molecule has 1 heterocycles. The number of hydrogen-bond donors (Lipinski definition) is 0. The number of ether oxygens (including phenoxy) is 1. The average molecular weight is 194 g/mol. The van der Waals surface area contributed by atoms with Gasteiger partial charge in [-0.05, 0) is 32.3 Å². The predicted molar refractivity (Wildman–Crippen MR) is 55.1 cm³/mol. The summed E-state index contributed by atoms with van der Waals surface area (Å²) in [5, 5.41) is 0. The molecule has 0 amide bonds. The van der Waals surface area contributed by atoms with Gasteiger partial charge in [-0.2, -0.15) is 0 Å². The Balaban J connectivity index is 2.34. The summed E-state index contributed by atoms with van der Waals surface area (Å²) in [6, 6.07) is 0. The Labute approximate surface area is 85.3 Å². The Hall–Kier alpha value is -0.630. The SMILES string of the molecule is C[C@H]1CCC[C@]2(O1)C(=O)C=CC2(C)C. The smallest absolute Gasteiger partial charge is 0.188 e. The third-order valence-corrected chi connectivity index (χ3v) is 3.63. The molecule has 0 N–H and O–H groups in total. The van der Waals surface area contributed by atoms with Crippen LogP contribution in [0.15, 0.2) is 12.2 Å². The van der Waals surface area contributed by atoms with Crippen LogP contribution in [0, 0.1) is 5.41 Å². The molecule has 0 radical (unpaired) electrons. The maximum absolute atomic E-state index is 11.9.